The molecule has 80 valence electrons. The topological polar surface area (TPSA) is 90.9 Å². The van der Waals surface area contributed by atoms with Crippen molar-refractivity contribution in [3.63, 3.8) is 0 Å². The van der Waals surface area contributed by atoms with E-state index in [-0.39, 0.29) is 17.5 Å². The molecule has 1 unspecified atom stereocenters. The van der Waals surface area contributed by atoms with Crippen LogP contribution in [0.5, 0.6) is 0 Å². The molecule has 1 aromatic rings. The van der Waals surface area contributed by atoms with Crippen LogP contribution in [0.25, 0.3) is 0 Å². The molecule has 14 heavy (non-hydrogen) atoms. The van der Waals surface area contributed by atoms with Crippen LogP contribution in [0, 0.1) is 0 Å². The van der Waals surface area contributed by atoms with Crippen LogP contribution in [-0.4, -0.2) is 35.2 Å². The van der Waals surface area contributed by atoms with Crippen molar-refractivity contribution >= 4 is 9.84 Å². The van der Waals surface area contributed by atoms with Crippen molar-refractivity contribution < 1.29 is 8.42 Å². The van der Waals surface area contributed by atoms with Crippen LogP contribution >= 0.6 is 0 Å². The first-order valence-corrected chi connectivity index (χ1v) is 6.02. The van der Waals surface area contributed by atoms with Gasteiger partial charge in [-0.05, 0) is 6.92 Å². The van der Waals surface area contributed by atoms with E-state index in [9.17, 15) is 8.42 Å². The maximum Gasteiger partial charge on any atom is 0.157 e. The van der Waals surface area contributed by atoms with Crippen LogP contribution in [0.15, 0.2) is 6.20 Å². The molecule has 1 atom stereocenters. The third kappa shape index (κ3) is 3.43. The van der Waals surface area contributed by atoms with Gasteiger partial charge < -0.3 is 5.73 Å². The van der Waals surface area contributed by atoms with Gasteiger partial charge in [-0.2, -0.15) is 0 Å². The predicted octanol–water partition coefficient (Wildman–Crippen LogP) is -0.923. The second kappa shape index (κ2) is 4.05. The van der Waals surface area contributed by atoms with E-state index in [1.54, 1.807) is 20.2 Å². The zero-order valence-corrected chi connectivity index (χ0v) is 9.03. The average Bonchev–Trinajstić information content (AvgIpc) is 2.30. The monoisotopic (exact) mass is 218 g/mol. The molecule has 0 radical (unpaired) electrons. The second-order valence-corrected chi connectivity index (χ2v) is 5.52. The number of sulfone groups is 1. The lowest BCUT2D eigenvalue weighted by molar-refractivity contribution is 0.588. The Bertz CT molecular complexity index is 396. The Hall–Kier alpha value is -0.950. The molecule has 0 fully saturated rings. The van der Waals surface area contributed by atoms with Gasteiger partial charge in [0.15, 0.2) is 9.84 Å². The molecule has 0 aromatic carbocycles. The molecule has 0 aliphatic carbocycles. The smallest absolute Gasteiger partial charge is 0.157 e. The van der Waals surface area contributed by atoms with E-state index < -0.39 is 9.84 Å². The van der Waals surface area contributed by atoms with Crippen LogP contribution < -0.4 is 5.73 Å². The maximum atomic E-state index is 11.5. The van der Waals surface area contributed by atoms with Crippen molar-refractivity contribution in [2.24, 2.45) is 12.8 Å². The minimum Gasteiger partial charge on any atom is -0.327 e. The lowest BCUT2D eigenvalue weighted by atomic mass is 10.4. The summed E-state index contributed by atoms with van der Waals surface area (Å²) in [6, 6.07) is -0.350. The molecule has 0 saturated carbocycles. The molecule has 0 saturated heterocycles. The summed E-state index contributed by atoms with van der Waals surface area (Å²) >= 11 is 0. The van der Waals surface area contributed by atoms with Crippen molar-refractivity contribution in [3.8, 4) is 0 Å². The minimum absolute atomic E-state index is 0.0242. The zero-order chi connectivity index (χ0) is 10.8. The molecule has 0 bridgehead atoms. The highest BCUT2D eigenvalue weighted by atomic mass is 32.2. The highest BCUT2D eigenvalue weighted by Crippen LogP contribution is 2.03. The first-order valence-electron chi connectivity index (χ1n) is 4.20. The Morgan fingerprint density at radius 2 is 2.29 bits per heavy atom. The molecule has 1 heterocycles. The van der Waals surface area contributed by atoms with Crippen LogP contribution in [-0.2, 0) is 22.6 Å². The van der Waals surface area contributed by atoms with Gasteiger partial charge in [0.1, 0.15) is 0 Å². The van der Waals surface area contributed by atoms with Gasteiger partial charge in [-0.25, -0.2) is 8.42 Å². The summed E-state index contributed by atoms with van der Waals surface area (Å²) in [6.07, 6.45) is 1.58. The Kier molecular flexibility index (Phi) is 3.22. The van der Waals surface area contributed by atoms with E-state index in [1.165, 1.54) is 4.68 Å². The zero-order valence-electron chi connectivity index (χ0n) is 8.21. The van der Waals surface area contributed by atoms with E-state index in [1.807, 2.05) is 0 Å². The third-order valence-corrected chi connectivity index (χ3v) is 3.30. The average molecular weight is 218 g/mol. The normalized spacial score (nSPS) is 14.2. The van der Waals surface area contributed by atoms with Crippen LogP contribution in [0.2, 0.25) is 0 Å². The SMILES string of the molecule is CC(N)CS(=O)(=O)Cc1cn(C)nn1. The van der Waals surface area contributed by atoms with Crippen molar-refractivity contribution in [2.45, 2.75) is 18.7 Å². The Morgan fingerprint density at radius 1 is 1.64 bits per heavy atom. The standard InChI is InChI=1S/C7H14N4O2S/c1-6(8)4-14(12,13)5-7-3-11(2)10-9-7/h3,6H,4-5,8H2,1-2H3. The maximum absolute atomic E-state index is 11.5. The predicted molar refractivity (Wildman–Crippen MR) is 52.1 cm³/mol. The second-order valence-electron chi connectivity index (χ2n) is 3.42. The first kappa shape index (κ1) is 11.1. The van der Waals surface area contributed by atoms with E-state index in [0.29, 0.717) is 5.69 Å². The Labute approximate surface area is 83.0 Å². The van der Waals surface area contributed by atoms with Crippen molar-refractivity contribution in [2.75, 3.05) is 5.75 Å². The first-order chi connectivity index (χ1) is 6.39. The molecule has 0 aliphatic heterocycles. The van der Waals surface area contributed by atoms with Crippen LogP contribution in [0.3, 0.4) is 0 Å². The molecular formula is C7H14N4O2S. The van der Waals surface area contributed by atoms with Crippen LogP contribution in [0.4, 0.5) is 0 Å². The van der Waals surface area contributed by atoms with Gasteiger partial charge in [-0.15, -0.1) is 5.10 Å². The molecule has 1 aromatic heterocycles. The molecule has 1 rings (SSSR count). The lowest BCUT2D eigenvalue weighted by Gasteiger charge is -2.04. The number of hydrogen-bond donors (Lipinski definition) is 1. The molecule has 0 aliphatic rings. The van der Waals surface area contributed by atoms with Gasteiger partial charge in [0.25, 0.3) is 0 Å². The highest BCUT2D eigenvalue weighted by Gasteiger charge is 2.16. The van der Waals surface area contributed by atoms with Gasteiger partial charge in [0.2, 0.25) is 0 Å². The quantitative estimate of drug-likeness (QED) is 0.705. The highest BCUT2D eigenvalue weighted by molar-refractivity contribution is 7.90. The van der Waals surface area contributed by atoms with Crippen molar-refractivity contribution in [1.29, 1.82) is 0 Å². The lowest BCUT2D eigenvalue weighted by Crippen LogP contribution is -2.27. The number of aromatic nitrogens is 3. The van der Waals surface area contributed by atoms with E-state index in [4.69, 9.17) is 5.73 Å². The minimum atomic E-state index is -3.16. The summed E-state index contributed by atoms with van der Waals surface area (Å²) in [5.74, 6) is -0.119. The van der Waals surface area contributed by atoms with Crippen molar-refractivity contribution in [1.82, 2.24) is 15.0 Å². The van der Waals surface area contributed by atoms with E-state index in [2.05, 4.69) is 10.3 Å². The van der Waals surface area contributed by atoms with Gasteiger partial charge in [0.05, 0.1) is 17.2 Å². The molecule has 0 amide bonds. The largest absolute Gasteiger partial charge is 0.327 e. The van der Waals surface area contributed by atoms with Gasteiger partial charge in [-0.3, -0.25) is 4.68 Å². The summed E-state index contributed by atoms with van der Waals surface area (Å²) in [6.45, 7) is 1.66. The fourth-order valence-electron chi connectivity index (χ4n) is 1.15. The summed E-state index contributed by atoms with van der Waals surface area (Å²) in [7, 11) is -1.47. The summed E-state index contributed by atoms with van der Waals surface area (Å²) in [4.78, 5) is 0. The summed E-state index contributed by atoms with van der Waals surface area (Å²) in [5, 5.41) is 7.35. The fraction of sp³-hybridized carbons (Fsp3) is 0.714. The number of aryl methyl sites for hydroxylation is 1. The number of hydrogen-bond acceptors (Lipinski definition) is 5. The fourth-order valence-corrected chi connectivity index (χ4v) is 2.65. The number of nitrogens with zero attached hydrogens (tertiary/aromatic N) is 3. The number of nitrogens with two attached hydrogens (primary N) is 1. The van der Waals surface area contributed by atoms with E-state index in [0.717, 1.165) is 0 Å². The molecule has 6 nitrogen and oxygen atoms in total. The number of rotatable bonds is 4. The molecular weight excluding hydrogens is 204 g/mol. The molecule has 7 heteroatoms. The molecule has 0 spiro atoms. The van der Waals surface area contributed by atoms with Gasteiger partial charge in [-0.1, -0.05) is 5.21 Å². The Morgan fingerprint density at radius 3 is 2.71 bits per heavy atom. The molecule has 2 N–H and O–H groups in total. The van der Waals surface area contributed by atoms with Crippen LogP contribution in [0.1, 0.15) is 12.6 Å². The summed E-state index contributed by atoms with van der Waals surface area (Å²) < 4.78 is 24.4. The summed E-state index contributed by atoms with van der Waals surface area (Å²) in [5.41, 5.74) is 5.87. The van der Waals surface area contributed by atoms with E-state index >= 15 is 0 Å². The van der Waals surface area contributed by atoms with Crippen molar-refractivity contribution in [3.05, 3.63) is 11.9 Å². The third-order valence-electron chi connectivity index (χ3n) is 1.53. The van der Waals surface area contributed by atoms with Gasteiger partial charge >= 0.3 is 0 Å². The Balaban J connectivity index is 2.69. The van der Waals surface area contributed by atoms with Gasteiger partial charge in [0, 0.05) is 19.3 Å².